The molecule has 162 valence electrons. The first-order valence-electron chi connectivity index (χ1n) is 10.8. The van der Waals surface area contributed by atoms with E-state index in [1.807, 2.05) is 69.3 Å². The molecule has 0 aliphatic heterocycles. The third kappa shape index (κ3) is 6.90. The largest absolute Gasteiger partial charge is 0.484 e. The lowest BCUT2D eigenvalue weighted by atomic mass is 10.1. The molecule has 0 aliphatic rings. The second-order valence-corrected chi connectivity index (χ2v) is 7.61. The highest BCUT2D eigenvalue weighted by Gasteiger charge is 2.28. The predicted molar refractivity (Wildman–Crippen MR) is 120 cm³/mol. The normalized spacial score (nSPS) is 11.6. The van der Waals surface area contributed by atoms with Crippen LogP contribution in [0.1, 0.15) is 49.8 Å². The number of amides is 2. The standard InChI is InChI=1S/C25H34N2O3/c1-5-7-15-26-25(29)23(6-2)27(17-21-11-9-8-10-12-21)24(28)18-30-22-14-13-19(3)20(4)16-22/h8-14,16,23H,5-7,15,17-18H2,1-4H3,(H,26,29). The Hall–Kier alpha value is -2.82. The van der Waals surface area contributed by atoms with Gasteiger partial charge < -0.3 is 15.0 Å². The second-order valence-electron chi connectivity index (χ2n) is 7.61. The maximum atomic E-state index is 13.1. The molecular weight excluding hydrogens is 376 g/mol. The first-order valence-corrected chi connectivity index (χ1v) is 10.8. The van der Waals surface area contributed by atoms with E-state index < -0.39 is 6.04 Å². The van der Waals surface area contributed by atoms with Crippen LogP contribution >= 0.6 is 0 Å². The average Bonchev–Trinajstić information content (AvgIpc) is 2.75. The van der Waals surface area contributed by atoms with Crippen LogP contribution in [0.2, 0.25) is 0 Å². The quantitative estimate of drug-likeness (QED) is 0.559. The summed E-state index contributed by atoms with van der Waals surface area (Å²) in [6.07, 6.45) is 2.47. The third-order valence-corrected chi connectivity index (χ3v) is 5.25. The van der Waals surface area contributed by atoms with Gasteiger partial charge in [0.2, 0.25) is 5.91 Å². The van der Waals surface area contributed by atoms with E-state index in [0.717, 1.165) is 24.0 Å². The van der Waals surface area contributed by atoms with Crippen LogP contribution in [-0.4, -0.2) is 35.9 Å². The number of nitrogens with zero attached hydrogens (tertiary/aromatic N) is 1. The highest BCUT2D eigenvalue weighted by atomic mass is 16.5. The van der Waals surface area contributed by atoms with Gasteiger partial charge in [-0.1, -0.05) is 56.7 Å². The first kappa shape index (κ1) is 23.5. The van der Waals surface area contributed by atoms with Crippen molar-refractivity contribution < 1.29 is 14.3 Å². The molecule has 2 aromatic carbocycles. The van der Waals surface area contributed by atoms with E-state index in [1.165, 1.54) is 5.56 Å². The molecule has 0 aliphatic carbocycles. The van der Waals surface area contributed by atoms with E-state index in [4.69, 9.17) is 4.74 Å². The number of benzene rings is 2. The van der Waals surface area contributed by atoms with Crippen molar-refractivity contribution in [2.75, 3.05) is 13.2 Å². The zero-order chi connectivity index (χ0) is 21.9. The van der Waals surface area contributed by atoms with Crippen LogP contribution in [0, 0.1) is 13.8 Å². The summed E-state index contributed by atoms with van der Waals surface area (Å²) in [7, 11) is 0. The number of hydrogen-bond donors (Lipinski definition) is 1. The molecule has 0 fully saturated rings. The number of ether oxygens (including phenoxy) is 1. The maximum Gasteiger partial charge on any atom is 0.261 e. The molecule has 0 aromatic heterocycles. The van der Waals surface area contributed by atoms with Gasteiger partial charge in [0.1, 0.15) is 11.8 Å². The summed E-state index contributed by atoms with van der Waals surface area (Å²) >= 11 is 0. The molecule has 2 rings (SSSR count). The fourth-order valence-electron chi connectivity index (χ4n) is 3.24. The number of aryl methyl sites for hydroxylation is 2. The summed E-state index contributed by atoms with van der Waals surface area (Å²) < 4.78 is 5.77. The fourth-order valence-corrected chi connectivity index (χ4v) is 3.24. The maximum absolute atomic E-state index is 13.1. The molecule has 0 bridgehead atoms. The number of carbonyl (C=O) groups excluding carboxylic acids is 2. The van der Waals surface area contributed by atoms with Gasteiger partial charge in [-0.25, -0.2) is 0 Å². The van der Waals surface area contributed by atoms with Crippen molar-refractivity contribution in [3.63, 3.8) is 0 Å². The Morgan fingerprint density at radius 2 is 1.77 bits per heavy atom. The minimum absolute atomic E-state index is 0.103. The molecule has 30 heavy (non-hydrogen) atoms. The van der Waals surface area contributed by atoms with Crippen molar-refractivity contribution in [3.8, 4) is 5.75 Å². The molecule has 5 heteroatoms. The number of unbranched alkanes of at least 4 members (excludes halogenated alkanes) is 1. The van der Waals surface area contributed by atoms with Crippen LogP contribution in [-0.2, 0) is 16.1 Å². The molecular formula is C25H34N2O3. The SMILES string of the molecule is CCCCNC(=O)C(CC)N(Cc1ccccc1)C(=O)COc1ccc(C)c(C)c1. The predicted octanol–water partition coefficient (Wildman–Crippen LogP) is 4.41. The Balaban J connectivity index is 2.14. The van der Waals surface area contributed by atoms with Crippen molar-refractivity contribution in [2.45, 2.75) is 59.5 Å². The number of hydrogen-bond acceptors (Lipinski definition) is 3. The molecule has 0 heterocycles. The summed E-state index contributed by atoms with van der Waals surface area (Å²) in [4.78, 5) is 27.6. The van der Waals surface area contributed by atoms with E-state index in [9.17, 15) is 9.59 Å². The zero-order valence-corrected chi connectivity index (χ0v) is 18.6. The Kier molecular flexibility index (Phi) is 9.39. The molecule has 5 nitrogen and oxygen atoms in total. The zero-order valence-electron chi connectivity index (χ0n) is 18.6. The first-order chi connectivity index (χ1) is 14.5. The summed E-state index contributed by atoms with van der Waals surface area (Å²) in [5.41, 5.74) is 3.27. The van der Waals surface area contributed by atoms with Crippen LogP contribution in [0.15, 0.2) is 48.5 Å². The van der Waals surface area contributed by atoms with Crippen LogP contribution in [0.25, 0.3) is 0 Å². The Morgan fingerprint density at radius 3 is 2.40 bits per heavy atom. The molecule has 0 saturated heterocycles. The van der Waals surface area contributed by atoms with Gasteiger partial charge in [0.15, 0.2) is 6.61 Å². The van der Waals surface area contributed by atoms with E-state index >= 15 is 0 Å². The van der Waals surface area contributed by atoms with Crippen LogP contribution < -0.4 is 10.1 Å². The van der Waals surface area contributed by atoms with Gasteiger partial charge >= 0.3 is 0 Å². The summed E-state index contributed by atoms with van der Waals surface area (Å²) in [6, 6.07) is 15.0. The molecule has 2 amide bonds. The van der Waals surface area contributed by atoms with Crippen LogP contribution in [0.4, 0.5) is 0 Å². The van der Waals surface area contributed by atoms with Crippen molar-refractivity contribution in [1.82, 2.24) is 10.2 Å². The molecule has 1 atom stereocenters. The molecule has 0 radical (unpaired) electrons. The molecule has 1 N–H and O–H groups in total. The molecule has 0 saturated carbocycles. The van der Waals surface area contributed by atoms with Crippen molar-refractivity contribution in [2.24, 2.45) is 0 Å². The van der Waals surface area contributed by atoms with Gasteiger partial charge in [-0.3, -0.25) is 9.59 Å². The second kappa shape index (κ2) is 12.0. The van der Waals surface area contributed by atoms with Gasteiger partial charge in [-0.2, -0.15) is 0 Å². The lowest BCUT2D eigenvalue weighted by molar-refractivity contribution is -0.143. The fraction of sp³-hybridized carbons (Fsp3) is 0.440. The highest BCUT2D eigenvalue weighted by Crippen LogP contribution is 2.18. The molecule has 1 unspecified atom stereocenters. The number of nitrogens with one attached hydrogen (secondary N) is 1. The van der Waals surface area contributed by atoms with E-state index in [-0.39, 0.29) is 18.4 Å². The summed E-state index contributed by atoms with van der Waals surface area (Å²) in [5.74, 6) is 0.350. The number of carbonyl (C=O) groups is 2. The van der Waals surface area contributed by atoms with Gasteiger partial charge in [0.05, 0.1) is 0 Å². The Morgan fingerprint density at radius 1 is 1.03 bits per heavy atom. The van der Waals surface area contributed by atoms with E-state index in [0.29, 0.717) is 25.3 Å². The van der Waals surface area contributed by atoms with Gasteiger partial charge in [0.25, 0.3) is 5.91 Å². The van der Waals surface area contributed by atoms with Crippen molar-refractivity contribution in [1.29, 1.82) is 0 Å². The summed E-state index contributed by atoms with van der Waals surface area (Å²) in [6.45, 7) is 8.95. The summed E-state index contributed by atoms with van der Waals surface area (Å²) in [5, 5.41) is 2.97. The smallest absolute Gasteiger partial charge is 0.261 e. The Bertz CT molecular complexity index is 820. The van der Waals surface area contributed by atoms with E-state index in [1.54, 1.807) is 4.90 Å². The van der Waals surface area contributed by atoms with Crippen molar-refractivity contribution >= 4 is 11.8 Å². The monoisotopic (exact) mass is 410 g/mol. The van der Waals surface area contributed by atoms with Gasteiger partial charge in [-0.05, 0) is 55.5 Å². The topological polar surface area (TPSA) is 58.6 Å². The minimum atomic E-state index is -0.530. The molecule has 0 spiro atoms. The van der Waals surface area contributed by atoms with Gasteiger partial charge in [-0.15, -0.1) is 0 Å². The lowest BCUT2D eigenvalue weighted by Gasteiger charge is -2.30. The minimum Gasteiger partial charge on any atom is -0.484 e. The van der Waals surface area contributed by atoms with Crippen LogP contribution in [0.3, 0.4) is 0 Å². The highest BCUT2D eigenvalue weighted by molar-refractivity contribution is 5.88. The number of rotatable bonds is 11. The van der Waals surface area contributed by atoms with E-state index in [2.05, 4.69) is 12.2 Å². The molecule has 2 aromatic rings. The van der Waals surface area contributed by atoms with Gasteiger partial charge in [0, 0.05) is 13.1 Å². The van der Waals surface area contributed by atoms with Crippen molar-refractivity contribution in [3.05, 3.63) is 65.2 Å². The Labute approximate surface area is 180 Å². The lowest BCUT2D eigenvalue weighted by Crippen LogP contribution is -2.50. The van der Waals surface area contributed by atoms with Crippen LogP contribution in [0.5, 0.6) is 5.75 Å². The average molecular weight is 411 g/mol. The third-order valence-electron chi connectivity index (χ3n) is 5.25.